The molecule has 0 aliphatic heterocycles. The molecule has 2 N–H and O–H groups in total. The van der Waals surface area contributed by atoms with Crippen molar-refractivity contribution in [1.82, 2.24) is 10.3 Å². The van der Waals surface area contributed by atoms with E-state index in [4.69, 9.17) is 11.6 Å². The summed E-state index contributed by atoms with van der Waals surface area (Å²) in [5, 5.41) is 6.47. The normalized spacial score (nSPS) is 10.6. The first-order chi connectivity index (χ1) is 9.12. The third-order valence-electron chi connectivity index (χ3n) is 2.94. The minimum Gasteiger partial charge on any atom is -0.370 e. The van der Waals surface area contributed by atoms with Gasteiger partial charge in [-0.15, -0.1) is 0 Å². The van der Waals surface area contributed by atoms with E-state index >= 15 is 0 Å². The van der Waals surface area contributed by atoms with Crippen LogP contribution in [0.25, 0.3) is 0 Å². The van der Waals surface area contributed by atoms with E-state index in [0.29, 0.717) is 10.8 Å². The number of hydrogen-bond acceptors (Lipinski definition) is 3. The molecule has 0 radical (unpaired) electrons. The van der Waals surface area contributed by atoms with Crippen LogP contribution in [0.5, 0.6) is 0 Å². The molecule has 1 aromatic heterocycles. The van der Waals surface area contributed by atoms with Gasteiger partial charge in [0.25, 0.3) is 5.91 Å². The van der Waals surface area contributed by atoms with E-state index in [1.807, 2.05) is 13.8 Å². The zero-order valence-corrected chi connectivity index (χ0v) is 12.5. The average Bonchev–Trinajstić information content (AvgIpc) is 2.43. The van der Waals surface area contributed by atoms with Gasteiger partial charge in [0, 0.05) is 12.6 Å². The van der Waals surface area contributed by atoms with Crippen LogP contribution in [0.4, 0.5) is 5.82 Å². The lowest BCUT2D eigenvalue weighted by Crippen LogP contribution is -2.34. The molecule has 0 aliphatic carbocycles. The molecule has 0 spiro atoms. The Bertz CT molecular complexity index is 419. The largest absolute Gasteiger partial charge is 0.370 e. The first-order valence-electron chi connectivity index (χ1n) is 6.83. The summed E-state index contributed by atoms with van der Waals surface area (Å²) >= 11 is 6.04. The fourth-order valence-corrected chi connectivity index (χ4v) is 1.89. The van der Waals surface area contributed by atoms with Crippen LogP contribution in [0, 0.1) is 0 Å². The maximum absolute atomic E-state index is 12.1. The zero-order valence-electron chi connectivity index (χ0n) is 11.8. The van der Waals surface area contributed by atoms with Gasteiger partial charge in [-0.25, -0.2) is 4.98 Å². The van der Waals surface area contributed by atoms with Gasteiger partial charge < -0.3 is 10.6 Å². The fraction of sp³-hybridized carbons (Fsp3) is 0.571. The smallest absolute Gasteiger partial charge is 0.271 e. The highest BCUT2D eigenvalue weighted by molar-refractivity contribution is 6.33. The van der Waals surface area contributed by atoms with E-state index in [0.717, 1.165) is 25.8 Å². The predicted molar refractivity (Wildman–Crippen MR) is 79.9 cm³/mol. The predicted octanol–water partition coefficient (Wildman–Crippen LogP) is 3.48. The highest BCUT2D eigenvalue weighted by atomic mass is 35.5. The number of halogens is 1. The molecule has 0 atom stereocenters. The number of amides is 1. The number of carbonyl (C=O) groups excluding carboxylic acids is 1. The Morgan fingerprint density at radius 3 is 2.58 bits per heavy atom. The molecular formula is C14H22ClN3O. The van der Waals surface area contributed by atoms with Crippen LogP contribution in [0.1, 0.15) is 50.5 Å². The Morgan fingerprint density at radius 2 is 2.00 bits per heavy atom. The zero-order chi connectivity index (χ0) is 14.3. The second-order valence-corrected chi connectivity index (χ2v) is 4.85. The lowest BCUT2D eigenvalue weighted by molar-refractivity contribution is 0.0930. The standard InChI is InChI=1S/C14H22ClN3O/c1-4-9-16-12-8-7-11(15)13(18-12)14(19)17-10(5-2)6-3/h7-8,10H,4-6,9H2,1-3H3,(H,16,18)(H,17,19). The lowest BCUT2D eigenvalue weighted by Gasteiger charge is -2.15. The summed E-state index contributed by atoms with van der Waals surface area (Å²) in [7, 11) is 0. The molecule has 0 bridgehead atoms. The summed E-state index contributed by atoms with van der Waals surface area (Å²) in [6, 6.07) is 3.65. The lowest BCUT2D eigenvalue weighted by atomic mass is 10.1. The monoisotopic (exact) mass is 283 g/mol. The van der Waals surface area contributed by atoms with Gasteiger partial charge in [0.1, 0.15) is 11.5 Å². The molecule has 0 aromatic carbocycles. The molecule has 1 rings (SSSR count). The third-order valence-corrected chi connectivity index (χ3v) is 3.24. The maximum atomic E-state index is 12.1. The second-order valence-electron chi connectivity index (χ2n) is 4.44. The summed E-state index contributed by atoms with van der Waals surface area (Å²) in [6.45, 7) is 6.98. The molecule has 106 valence electrons. The Morgan fingerprint density at radius 1 is 1.32 bits per heavy atom. The topological polar surface area (TPSA) is 54.0 Å². The first kappa shape index (κ1) is 15.8. The van der Waals surface area contributed by atoms with Crippen LogP contribution < -0.4 is 10.6 Å². The fourth-order valence-electron chi connectivity index (χ4n) is 1.70. The van der Waals surface area contributed by atoms with Gasteiger partial charge in [-0.1, -0.05) is 32.4 Å². The molecule has 0 fully saturated rings. The molecule has 0 saturated heterocycles. The minimum atomic E-state index is -0.209. The van der Waals surface area contributed by atoms with Crippen molar-refractivity contribution in [1.29, 1.82) is 0 Å². The summed E-state index contributed by atoms with van der Waals surface area (Å²) in [5.41, 5.74) is 0.287. The average molecular weight is 284 g/mol. The minimum absolute atomic E-state index is 0.164. The van der Waals surface area contributed by atoms with Crippen LogP contribution in [-0.4, -0.2) is 23.5 Å². The van der Waals surface area contributed by atoms with Crippen molar-refractivity contribution in [3.63, 3.8) is 0 Å². The molecule has 1 aromatic rings. The van der Waals surface area contributed by atoms with Gasteiger partial charge in [0.15, 0.2) is 0 Å². The van der Waals surface area contributed by atoms with Crippen molar-refractivity contribution in [2.75, 3.05) is 11.9 Å². The van der Waals surface area contributed by atoms with E-state index < -0.39 is 0 Å². The van der Waals surface area contributed by atoms with Gasteiger partial charge in [0.05, 0.1) is 5.02 Å². The Labute approximate surface area is 120 Å². The maximum Gasteiger partial charge on any atom is 0.271 e. The van der Waals surface area contributed by atoms with E-state index in [2.05, 4.69) is 22.5 Å². The molecule has 4 nitrogen and oxygen atoms in total. The number of anilines is 1. The van der Waals surface area contributed by atoms with Gasteiger partial charge >= 0.3 is 0 Å². The highest BCUT2D eigenvalue weighted by Gasteiger charge is 2.15. The molecule has 0 aliphatic rings. The molecule has 1 heterocycles. The van der Waals surface area contributed by atoms with Gasteiger partial charge in [-0.3, -0.25) is 4.79 Å². The van der Waals surface area contributed by atoms with E-state index in [1.165, 1.54) is 0 Å². The van der Waals surface area contributed by atoms with Crippen molar-refractivity contribution < 1.29 is 4.79 Å². The quantitative estimate of drug-likeness (QED) is 0.805. The number of carbonyl (C=O) groups is 1. The number of nitrogens with one attached hydrogen (secondary N) is 2. The van der Waals surface area contributed by atoms with E-state index in [9.17, 15) is 4.79 Å². The van der Waals surface area contributed by atoms with Crippen LogP contribution in [0.15, 0.2) is 12.1 Å². The number of pyridine rings is 1. The van der Waals surface area contributed by atoms with E-state index in [1.54, 1.807) is 12.1 Å². The highest BCUT2D eigenvalue weighted by Crippen LogP contribution is 2.17. The van der Waals surface area contributed by atoms with Crippen LogP contribution in [0.3, 0.4) is 0 Å². The Balaban J connectivity index is 2.82. The van der Waals surface area contributed by atoms with Crippen molar-refractivity contribution in [3.8, 4) is 0 Å². The van der Waals surface area contributed by atoms with Crippen molar-refractivity contribution >= 4 is 23.3 Å². The van der Waals surface area contributed by atoms with E-state index in [-0.39, 0.29) is 17.6 Å². The first-order valence-corrected chi connectivity index (χ1v) is 7.21. The molecule has 1 amide bonds. The van der Waals surface area contributed by atoms with Crippen LogP contribution >= 0.6 is 11.6 Å². The third kappa shape index (κ3) is 4.71. The Hall–Kier alpha value is -1.29. The molecule has 5 heteroatoms. The van der Waals surface area contributed by atoms with Crippen molar-refractivity contribution in [2.24, 2.45) is 0 Å². The molecule has 0 unspecified atom stereocenters. The SMILES string of the molecule is CCCNc1ccc(Cl)c(C(=O)NC(CC)CC)n1. The number of aromatic nitrogens is 1. The van der Waals surface area contributed by atoms with Crippen LogP contribution in [-0.2, 0) is 0 Å². The number of rotatable bonds is 7. The second kappa shape index (κ2) is 8.00. The number of nitrogens with zero attached hydrogens (tertiary/aromatic N) is 1. The van der Waals surface area contributed by atoms with Crippen molar-refractivity contribution in [3.05, 3.63) is 22.8 Å². The molecular weight excluding hydrogens is 262 g/mol. The Kier molecular flexibility index (Phi) is 6.64. The molecule has 0 saturated carbocycles. The van der Waals surface area contributed by atoms with Crippen LogP contribution in [0.2, 0.25) is 5.02 Å². The van der Waals surface area contributed by atoms with Crippen molar-refractivity contribution in [2.45, 2.75) is 46.1 Å². The molecule has 19 heavy (non-hydrogen) atoms. The number of hydrogen-bond donors (Lipinski definition) is 2. The summed E-state index contributed by atoms with van der Waals surface area (Å²) in [6.07, 6.45) is 2.79. The summed E-state index contributed by atoms with van der Waals surface area (Å²) < 4.78 is 0. The summed E-state index contributed by atoms with van der Waals surface area (Å²) in [4.78, 5) is 16.4. The summed E-state index contributed by atoms with van der Waals surface area (Å²) in [5.74, 6) is 0.472. The van der Waals surface area contributed by atoms with Gasteiger partial charge in [-0.2, -0.15) is 0 Å². The van der Waals surface area contributed by atoms with Gasteiger partial charge in [-0.05, 0) is 31.4 Å². The van der Waals surface area contributed by atoms with Gasteiger partial charge in [0.2, 0.25) is 0 Å².